The second-order valence-corrected chi connectivity index (χ2v) is 4.73. The van der Waals surface area contributed by atoms with Crippen molar-refractivity contribution in [3.8, 4) is 0 Å². The summed E-state index contributed by atoms with van der Waals surface area (Å²) in [6.45, 7) is 5.92. The van der Waals surface area contributed by atoms with Gasteiger partial charge in [0.1, 0.15) is 5.82 Å². The van der Waals surface area contributed by atoms with E-state index in [0.717, 1.165) is 23.3 Å². The molecule has 0 bridgehead atoms. The number of nitrogens with one attached hydrogen (secondary N) is 1. The Morgan fingerprint density at radius 1 is 1.45 bits per heavy atom. The summed E-state index contributed by atoms with van der Waals surface area (Å²) in [5, 5.41) is 2.89. The number of fused-ring (bicyclic) bond motifs is 1. The molecule has 1 N–H and O–H groups in total. The maximum Gasteiger partial charge on any atom is 0.251 e. The van der Waals surface area contributed by atoms with Crippen molar-refractivity contribution in [2.45, 2.75) is 20.3 Å². The van der Waals surface area contributed by atoms with E-state index in [1.807, 2.05) is 43.7 Å². The number of rotatable bonds is 6. The first-order valence-electron chi connectivity index (χ1n) is 6.92. The number of ether oxygens (including phenoxy) is 1. The highest BCUT2D eigenvalue weighted by molar-refractivity contribution is 5.97. The van der Waals surface area contributed by atoms with Crippen molar-refractivity contribution in [2.24, 2.45) is 7.05 Å². The zero-order chi connectivity index (χ0) is 14.5. The summed E-state index contributed by atoms with van der Waals surface area (Å²) in [7, 11) is 1.97. The maximum absolute atomic E-state index is 12.0. The summed E-state index contributed by atoms with van der Waals surface area (Å²) in [4.78, 5) is 16.5. The first-order valence-corrected chi connectivity index (χ1v) is 6.92. The maximum atomic E-state index is 12.0. The van der Waals surface area contributed by atoms with Crippen molar-refractivity contribution >= 4 is 16.9 Å². The molecule has 0 aliphatic rings. The van der Waals surface area contributed by atoms with Gasteiger partial charge in [0.2, 0.25) is 0 Å². The number of hydrogen-bond donors (Lipinski definition) is 1. The Balaban J connectivity index is 2.00. The lowest BCUT2D eigenvalue weighted by atomic mass is 10.2. The van der Waals surface area contributed by atoms with E-state index in [9.17, 15) is 4.79 Å². The van der Waals surface area contributed by atoms with Gasteiger partial charge in [0, 0.05) is 32.4 Å². The number of aryl methyl sites for hydroxylation is 2. The summed E-state index contributed by atoms with van der Waals surface area (Å²) in [6.07, 6.45) is 0.824. The molecule has 5 heteroatoms. The van der Waals surface area contributed by atoms with E-state index in [0.29, 0.717) is 25.3 Å². The van der Waals surface area contributed by atoms with Crippen LogP contribution in [0.3, 0.4) is 0 Å². The van der Waals surface area contributed by atoms with Crippen molar-refractivity contribution in [2.75, 3.05) is 19.8 Å². The molecule has 108 valence electrons. The van der Waals surface area contributed by atoms with Crippen molar-refractivity contribution in [3.05, 3.63) is 29.6 Å². The Morgan fingerprint density at radius 2 is 2.25 bits per heavy atom. The van der Waals surface area contributed by atoms with Gasteiger partial charge >= 0.3 is 0 Å². The number of benzene rings is 1. The van der Waals surface area contributed by atoms with Gasteiger partial charge in [0.25, 0.3) is 5.91 Å². The van der Waals surface area contributed by atoms with Crippen LogP contribution in [0.2, 0.25) is 0 Å². The van der Waals surface area contributed by atoms with Gasteiger partial charge in [-0.1, -0.05) is 0 Å². The highest BCUT2D eigenvalue weighted by atomic mass is 16.5. The molecule has 2 rings (SSSR count). The standard InChI is InChI=1S/C15H21N3O2/c1-4-20-9-5-8-16-15(19)12-6-7-14-13(10-12)17-11(2)18(14)3/h6-7,10H,4-5,8-9H2,1-3H3,(H,16,19). The molecule has 0 aliphatic heterocycles. The van der Waals surface area contributed by atoms with Crippen LogP contribution < -0.4 is 5.32 Å². The minimum absolute atomic E-state index is 0.0632. The van der Waals surface area contributed by atoms with Crippen molar-refractivity contribution < 1.29 is 9.53 Å². The normalized spacial score (nSPS) is 10.9. The largest absolute Gasteiger partial charge is 0.382 e. The quantitative estimate of drug-likeness (QED) is 0.821. The first kappa shape index (κ1) is 14.5. The van der Waals surface area contributed by atoms with Crippen molar-refractivity contribution in [3.63, 3.8) is 0 Å². The zero-order valence-electron chi connectivity index (χ0n) is 12.3. The smallest absolute Gasteiger partial charge is 0.251 e. The molecule has 0 radical (unpaired) electrons. The topological polar surface area (TPSA) is 56.1 Å². The lowest BCUT2D eigenvalue weighted by Gasteiger charge is -2.05. The Kier molecular flexibility index (Phi) is 4.74. The Bertz CT molecular complexity index is 604. The van der Waals surface area contributed by atoms with Gasteiger partial charge < -0.3 is 14.6 Å². The number of carbonyl (C=O) groups excluding carboxylic acids is 1. The molecule has 0 saturated carbocycles. The lowest BCUT2D eigenvalue weighted by Crippen LogP contribution is -2.25. The number of hydrogen-bond acceptors (Lipinski definition) is 3. The second kappa shape index (κ2) is 6.52. The van der Waals surface area contributed by atoms with Gasteiger partial charge in [0.15, 0.2) is 0 Å². The molecule has 1 amide bonds. The Morgan fingerprint density at radius 3 is 3.00 bits per heavy atom. The molecule has 0 fully saturated rings. The fourth-order valence-electron chi connectivity index (χ4n) is 2.08. The van der Waals surface area contributed by atoms with Crippen molar-refractivity contribution in [1.29, 1.82) is 0 Å². The van der Waals surface area contributed by atoms with Gasteiger partial charge in [-0.05, 0) is 38.5 Å². The molecule has 0 aliphatic carbocycles. The zero-order valence-corrected chi connectivity index (χ0v) is 12.3. The molecule has 20 heavy (non-hydrogen) atoms. The molecular formula is C15H21N3O2. The van der Waals surface area contributed by atoms with Crippen LogP contribution in [-0.2, 0) is 11.8 Å². The Labute approximate surface area is 118 Å². The molecule has 0 atom stereocenters. The Hall–Kier alpha value is -1.88. The number of aromatic nitrogens is 2. The average Bonchev–Trinajstić information content (AvgIpc) is 2.73. The summed E-state index contributed by atoms with van der Waals surface area (Å²) < 4.78 is 7.24. The van der Waals surface area contributed by atoms with Gasteiger partial charge in [0.05, 0.1) is 11.0 Å². The van der Waals surface area contributed by atoms with Crippen LogP contribution in [0.15, 0.2) is 18.2 Å². The third kappa shape index (κ3) is 3.17. The number of amides is 1. The molecule has 1 aromatic heterocycles. The van der Waals surface area contributed by atoms with E-state index in [4.69, 9.17) is 4.74 Å². The molecule has 0 spiro atoms. The van der Waals surface area contributed by atoms with Gasteiger partial charge in [-0.2, -0.15) is 0 Å². The van der Waals surface area contributed by atoms with E-state index in [2.05, 4.69) is 10.3 Å². The first-order chi connectivity index (χ1) is 9.63. The van der Waals surface area contributed by atoms with E-state index in [1.165, 1.54) is 0 Å². The van der Waals surface area contributed by atoms with Crippen LogP contribution >= 0.6 is 0 Å². The molecule has 0 saturated heterocycles. The monoisotopic (exact) mass is 275 g/mol. The van der Waals surface area contributed by atoms with E-state index in [-0.39, 0.29) is 5.91 Å². The number of imidazole rings is 1. The molecule has 2 aromatic rings. The SMILES string of the molecule is CCOCCCNC(=O)c1ccc2c(c1)nc(C)n2C. The van der Waals surface area contributed by atoms with E-state index in [1.54, 1.807) is 0 Å². The number of nitrogens with zero attached hydrogens (tertiary/aromatic N) is 2. The number of carbonyl (C=O) groups is 1. The van der Waals surface area contributed by atoms with Crippen LogP contribution in [0.5, 0.6) is 0 Å². The molecule has 1 heterocycles. The van der Waals surface area contributed by atoms with Gasteiger partial charge in [-0.25, -0.2) is 4.98 Å². The fourth-order valence-corrected chi connectivity index (χ4v) is 2.08. The summed E-state index contributed by atoms with van der Waals surface area (Å²) >= 11 is 0. The fraction of sp³-hybridized carbons (Fsp3) is 0.467. The van der Waals surface area contributed by atoms with E-state index < -0.39 is 0 Å². The van der Waals surface area contributed by atoms with E-state index >= 15 is 0 Å². The van der Waals surface area contributed by atoms with Crippen LogP contribution in [0.25, 0.3) is 11.0 Å². The second-order valence-electron chi connectivity index (χ2n) is 4.73. The lowest BCUT2D eigenvalue weighted by molar-refractivity contribution is 0.0944. The van der Waals surface area contributed by atoms with Gasteiger partial charge in [-0.15, -0.1) is 0 Å². The predicted octanol–water partition coefficient (Wildman–Crippen LogP) is 2.04. The predicted molar refractivity (Wildman–Crippen MR) is 78.9 cm³/mol. The molecular weight excluding hydrogens is 254 g/mol. The van der Waals surface area contributed by atoms with Crippen molar-refractivity contribution in [1.82, 2.24) is 14.9 Å². The summed E-state index contributed by atoms with van der Waals surface area (Å²) in [5.74, 6) is 0.876. The van der Waals surface area contributed by atoms with Crippen LogP contribution in [0.4, 0.5) is 0 Å². The third-order valence-corrected chi connectivity index (χ3v) is 3.32. The minimum atomic E-state index is -0.0632. The average molecular weight is 275 g/mol. The van der Waals surface area contributed by atoms with Crippen LogP contribution in [0, 0.1) is 6.92 Å². The molecule has 1 aromatic carbocycles. The summed E-state index contributed by atoms with van der Waals surface area (Å²) in [5.41, 5.74) is 2.54. The van der Waals surface area contributed by atoms with Crippen LogP contribution in [-0.4, -0.2) is 35.2 Å². The highest BCUT2D eigenvalue weighted by Crippen LogP contribution is 2.16. The highest BCUT2D eigenvalue weighted by Gasteiger charge is 2.09. The van der Waals surface area contributed by atoms with Gasteiger partial charge in [-0.3, -0.25) is 4.79 Å². The summed E-state index contributed by atoms with van der Waals surface area (Å²) in [6, 6.07) is 5.60. The molecule has 5 nitrogen and oxygen atoms in total. The third-order valence-electron chi connectivity index (χ3n) is 3.32. The molecule has 0 unspecified atom stereocenters. The minimum Gasteiger partial charge on any atom is -0.382 e. The van der Waals surface area contributed by atoms with Crippen LogP contribution in [0.1, 0.15) is 29.5 Å².